The highest BCUT2D eigenvalue weighted by atomic mass is 35.5. The molecule has 3 aliphatic rings. The number of para-hydroxylation sites is 1. The van der Waals surface area contributed by atoms with Crippen molar-refractivity contribution in [2.75, 3.05) is 45.9 Å². The fraction of sp³-hybridized carbons (Fsp3) is 0.600. The first-order chi connectivity index (χ1) is 12.7. The van der Waals surface area contributed by atoms with E-state index in [1.54, 1.807) is 0 Å². The summed E-state index contributed by atoms with van der Waals surface area (Å²) in [7, 11) is 0. The molecule has 4 rings (SSSR count). The molecule has 3 fully saturated rings. The van der Waals surface area contributed by atoms with Crippen LogP contribution in [0.1, 0.15) is 12.8 Å². The first-order valence-electron chi connectivity index (χ1n) is 9.66. The maximum absolute atomic E-state index is 12.8. The topological polar surface area (TPSA) is 61.9 Å². The van der Waals surface area contributed by atoms with E-state index >= 15 is 0 Å². The molecule has 1 aromatic rings. The van der Waals surface area contributed by atoms with Gasteiger partial charge in [0.25, 0.3) is 5.91 Å². The van der Waals surface area contributed by atoms with Crippen LogP contribution in [0.3, 0.4) is 0 Å². The summed E-state index contributed by atoms with van der Waals surface area (Å²) in [6, 6.07) is 9.39. The number of fused-ring (bicyclic) bond motifs is 1. The molecule has 0 spiro atoms. The zero-order chi connectivity index (χ0) is 17.9. The molecule has 3 heterocycles. The summed E-state index contributed by atoms with van der Waals surface area (Å²) in [5.41, 5.74) is 0. The quantitative estimate of drug-likeness (QED) is 0.840. The van der Waals surface area contributed by atoms with Crippen molar-refractivity contribution in [3.05, 3.63) is 30.3 Å². The van der Waals surface area contributed by atoms with Crippen LogP contribution in [0.5, 0.6) is 5.75 Å². The van der Waals surface area contributed by atoms with Gasteiger partial charge in [0.2, 0.25) is 5.91 Å². The lowest BCUT2D eigenvalue weighted by atomic mass is 9.95. The van der Waals surface area contributed by atoms with E-state index in [9.17, 15) is 9.59 Å². The van der Waals surface area contributed by atoms with Crippen LogP contribution < -0.4 is 10.1 Å². The predicted octanol–water partition coefficient (Wildman–Crippen LogP) is 1.40. The molecule has 1 N–H and O–H groups in total. The highest BCUT2D eigenvalue weighted by Crippen LogP contribution is 2.29. The number of carbonyl (C=O) groups is 2. The Labute approximate surface area is 166 Å². The van der Waals surface area contributed by atoms with E-state index < -0.39 is 0 Å². The molecule has 0 saturated carbocycles. The van der Waals surface area contributed by atoms with E-state index in [4.69, 9.17) is 4.74 Å². The first kappa shape index (κ1) is 20.0. The number of halogens is 1. The van der Waals surface area contributed by atoms with Crippen LogP contribution in [-0.2, 0) is 9.59 Å². The lowest BCUT2D eigenvalue weighted by Gasteiger charge is -2.33. The molecule has 2 atom stereocenters. The van der Waals surface area contributed by atoms with Crippen LogP contribution in [0.2, 0.25) is 0 Å². The lowest BCUT2D eigenvalue weighted by molar-refractivity contribution is -0.141. The van der Waals surface area contributed by atoms with Crippen LogP contribution >= 0.6 is 12.4 Å². The number of hydrogen-bond acceptors (Lipinski definition) is 4. The third-order valence-corrected chi connectivity index (χ3v) is 6.00. The SMILES string of the molecule is Cl.O=C(COc1ccccc1)N1CCC(C(=O)N2C[C@H]3CNC[C@H]3C2)CC1. The molecule has 0 unspecified atom stereocenters. The van der Waals surface area contributed by atoms with Gasteiger partial charge in [0.05, 0.1) is 0 Å². The van der Waals surface area contributed by atoms with Gasteiger partial charge in [-0.05, 0) is 36.8 Å². The van der Waals surface area contributed by atoms with Gasteiger partial charge in [-0.3, -0.25) is 9.59 Å². The molecule has 0 aliphatic carbocycles. The summed E-state index contributed by atoms with van der Waals surface area (Å²) in [4.78, 5) is 29.0. The van der Waals surface area contributed by atoms with Crippen molar-refractivity contribution < 1.29 is 14.3 Å². The van der Waals surface area contributed by atoms with Crippen molar-refractivity contribution >= 4 is 24.2 Å². The molecule has 27 heavy (non-hydrogen) atoms. The average molecular weight is 394 g/mol. The minimum atomic E-state index is 0. The Kier molecular flexibility index (Phi) is 6.60. The summed E-state index contributed by atoms with van der Waals surface area (Å²) in [6.45, 7) is 5.25. The van der Waals surface area contributed by atoms with E-state index in [2.05, 4.69) is 10.2 Å². The Hall–Kier alpha value is -1.79. The number of amides is 2. The van der Waals surface area contributed by atoms with Crippen LogP contribution in [0, 0.1) is 17.8 Å². The van der Waals surface area contributed by atoms with Crippen LogP contribution in [0.4, 0.5) is 0 Å². The van der Waals surface area contributed by atoms with Crippen LogP contribution in [0.15, 0.2) is 30.3 Å². The summed E-state index contributed by atoms with van der Waals surface area (Å²) < 4.78 is 5.55. The third kappa shape index (κ3) is 4.55. The smallest absolute Gasteiger partial charge is 0.260 e. The van der Waals surface area contributed by atoms with Crippen molar-refractivity contribution in [2.24, 2.45) is 17.8 Å². The zero-order valence-corrected chi connectivity index (χ0v) is 16.3. The first-order valence-corrected chi connectivity index (χ1v) is 9.66. The number of benzene rings is 1. The predicted molar refractivity (Wildman–Crippen MR) is 105 cm³/mol. The molecule has 6 nitrogen and oxygen atoms in total. The van der Waals surface area contributed by atoms with Gasteiger partial charge in [-0.25, -0.2) is 0 Å². The van der Waals surface area contributed by atoms with Gasteiger partial charge >= 0.3 is 0 Å². The zero-order valence-electron chi connectivity index (χ0n) is 15.5. The second kappa shape index (κ2) is 8.93. The van der Waals surface area contributed by atoms with Crippen LogP contribution in [0.25, 0.3) is 0 Å². The number of likely N-dealkylation sites (tertiary alicyclic amines) is 2. The fourth-order valence-electron chi connectivity index (χ4n) is 4.42. The largest absolute Gasteiger partial charge is 0.484 e. The Bertz CT molecular complexity index is 637. The molecule has 1 aromatic carbocycles. The van der Waals surface area contributed by atoms with Crippen molar-refractivity contribution in [1.29, 1.82) is 0 Å². The lowest BCUT2D eigenvalue weighted by Crippen LogP contribution is -2.45. The molecule has 148 valence electrons. The standard InChI is InChI=1S/C20H27N3O3.ClH/c24-19(14-26-18-4-2-1-3-5-18)22-8-6-15(7-9-22)20(25)23-12-16-10-21-11-17(16)13-23;/h1-5,15-17,21H,6-14H2;1H/t16-,17+;. The molecule has 7 heteroatoms. The average Bonchev–Trinajstić information content (AvgIpc) is 3.29. The van der Waals surface area contributed by atoms with E-state index in [0.29, 0.717) is 36.6 Å². The molecule has 2 amide bonds. The molecule has 0 aromatic heterocycles. The molecule has 0 bridgehead atoms. The Balaban J connectivity index is 0.00000210. The van der Waals surface area contributed by atoms with Crippen LogP contribution in [-0.4, -0.2) is 67.5 Å². The Morgan fingerprint density at radius 3 is 2.26 bits per heavy atom. The van der Waals surface area contributed by atoms with Gasteiger partial charge in [-0.2, -0.15) is 0 Å². The number of ether oxygens (including phenoxy) is 1. The number of carbonyl (C=O) groups excluding carboxylic acids is 2. The second-order valence-electron chi connectivity index (χ2n) is 7.68. The van der Waals surface area contributed by atoms with Gasteiger partial charge in [0.15, 0.2) is 6.61 Å². The van der Waals surface area contributed by atoms with Gasteiger partial charge in [-0.1, -0.05) is 18.2 Å². The van der Waals surface area contributed by atoms with E-state index in [0.717, 1.165) is 39.0 Å². The van der Waals surface area contributed by atoms with Crippen molar-refractivity contribution in [1.82, 2.24) is 15.1 Å². The summed E-state index contributed by atoms with van der Waals surface area (Å²) in [6.07, 6.45) is 1.53. The van der Waals surface area contributed by atoms with E-state index in [1.165, 1.54) is 0 Å². The minimum absolute atomic E-state index is 0. The van der Waals surface area contributed by atoms with E-state index in [1.807, 2.05) is 35.2 Å². The van der Waals surface area contributed by atoms with Gasteiger partial charge in [0.1, 0.15) is 5.75 Å². The van der Waals surface area contributed by atoms with Crippen molar-refractivity contribution in [3.63, 3.8) is 0 Å². The summed E-state index contributed by atoms with van der Waals surface area (Å²) >= 11 is 0. The molecular weight excluding hydrogens is 366 g/mol. The number of nitrogens with zero attached hydrogens (tertiary/aromatic N) is 2. The second-order valence-corrected chi connectivity index (χ2v) is 7.68. The maximum Gasteiger partial charge on any atom is 0.260 e. The monoisotopic (exact) mass is 393 g/mol. The molecule has 3 aliphatic heterocycles. The Morgan fingerprint density at radius 2 is 1.63 bits per heavy atom. The molecule has 0 radical (unpaired) electrons. The number of hydrogen-bond donors (Lipinski definition) is 1. The number of piperidine rings is 1. The Morgan fingerprint density at radius 1 is 1.00 bits per heavy atom. The fourth-order valence-corrected chi connectivity index (χ4v) is 4.42. The van der Waals surface area contributed by atoms with Crippen molar-refractivity contribution in [2.45, 2.75) is 12.8 Å². The van der Waals surface area contributed by atoms with Gasteiger partial charge < -0.3 is 19.9 Å². The van der Waals surface area contributed by atoms with Gasteiger partial charge in [0, 0.05) is 45.2 Å². The minimum Gasteiger partial charge on any atom is -0.484 e. The normalized spacial score (nSPS) is 25.0. The summed E-state index contributed by atoms with van der Waals surface area (Å²) in [5, 5.41) is 3.41. The highest BCUT2D eigenvalue weighted by molar-refractivity contribution is 5.85. The maximum atomic E-state index is 12.8. The number of nitrogens with one attached hydrogen (secondary N) is 1. The number of rotatable bonds is 4. The highest BCUT2D eigenvalue weighted by Gasteiger charge is 2.40. The van der Waals surface area contributed by atoms with E-state index in [-0.39, 0.29) is 30.8 Å². The summed E-state index contributed by atoms with van der Waals surface area (Å²) in [5.74, 6) is 2.35. The molecule has 3 saturated heterocycles. The molecular formula is C20H28ClN3O3. The van der Waals surface area contributed by atoms with Gasteiger partial charge in [-0.15, -0.1) is 12.4 Å². The third-order valence-electron chi connectivity index (χ3n) is 6.00. The van der Waals surface area contributed by atoms with Crippen molar-refractivity contribution in [3.8, 4) is 5.75 Å².